The van der Waals surface area contributed by atoms with Crippen LogP contribution in [0, 0.1) is 0 Å². The number of aromatic nitrogens is 4. The number of carbonyl (C=O) groups excluding carboxylic acids is 1. The third kappa shape index (κ3) is 2.32. The standard InChI is InChI=1S/C18H17N5O/c1-2-8-20-18(24)13-5-3-12(4-6-13)16-15-10-21-17-14(7-9-19-17)23(15)11-22-16/h3-7,9-11,19H,2,8H2,1H3,(H,20,24). The molecule has 120 valence electrons. The van der Waals surface area contributed by atoms with Crippen molar-refractivity contribution >= 4 is 22.6 Å². The van der Waals surface area contributed by atoms with Crippen LogP contribution in [-0.4, -0.2) is 31.8 Å². The summed E-state index contributed by atoms with van der Waals surface area (Å²) in [7, 11) is 0. The number of aromatic amines is 1. The fourth-order valence-corrected chi connectivity index (χ4v) is 2.79. The number of nitrogens with zero attached hydrogens (tertiary/aromatic N) is 3. The summed E-state index contributed by atoms with van der Waals surface area (Å²) in [5.41, 5.74) is 5.22. The Morgan fingerprint density at radius 1 is 1.17 bits per heavy atom. The second-order valence-corrected chi connectivity index (χ2v) is 5.65. The van der Waals surface area contributed by atoms with Gasteiger partial charge in [-0.3, -0.25) is 9.20 Å². The second kappa shape index (κ2) is 5.81. The first-order valence-electron chi connectivity index (χ1n) is 7.95. The van der Waals surface area contributed by atoms with Gasteiger partial charge in [0.1, 0.15) is 6.33 Å². The summed E-state index contributed by atoms with van der Waals surface area (Å²) in [5, 5.41) is 2.88. The molecule has 0 aliphatic rings. The van der Waals surface area contributed by atoms with Crippen LogP contribution in [0.5, 0.6) is 0 Å². The van der Waals surface area contributed by atoms with Crippen molar-refractivity contribution in [2.75, 3.05) is 6.54 Å². The topological polar surface area (TPSA) is 75.1 Å². The Hall–Kier alpha value is -3.15. The third-order valence-electron chi connectivity index (χ3n) is 4.04. The molecule has 0 radical (unpaired) electrons. The van der Waals surface area contributed by atoms with Gasteiger partial charge < -0.3 is 10.3 Å². The Morgan fingerprint density at radius 2 is 2.00 bits per heavy atom. The van der Waals surface area contributed by atoms with Crippen LogP contribution in [0.1, 0.15) is 23.7 Å². The minimum Gasteiger partial charge on any atom is -0.352 e. The Morgan fingerprint density at radius 3 is 2.79 bits per heavy atom. The molecule has 0 spiro atoms. The minimum absolute atomic E-state index is 0.0474. The molecule has 0 aliphatic heterocycles. The molecule has 6 heteroatoms. The van der Waals surface area contributed by atoms with E-state index < -0.39 is 0 Å². The largest absolute Gasteiger partial charge is 0.352 e. The normalized spacial score (nSPS) is 11.2. The van der Waals surface area contributed by atoms with E-state index in [0.29, 0.717) is 12.1 Å². The van der Waals surface area contributed by atoms with Gasteiger partial charge in [0, 0.05) is 23.9 Å². The number of H-pyrrole nitrogens is 1. The summed E-state index contributed by atoms with van der Waals surface area (Å²) >= 11 is 0. The molecule has 4 aromatic rings. The Bertz CT molecular complexity index is 1010. The van der Waals surface area contributed by atoms with E-state index in [4.69, 9.17) is 0 Å². The summed E-state index contributed by atoms with van der Waals surface area (Å²) in [6.07, 6.45) is 6.39. The van der Waals surface area contributed by atoms with Gasteiger partial charge in [-0.2, -0.15) is 0 Å². The molecule has 3 aromatic heterocycles. The van der Waals surface area contributed by atoms with E-state index in [1.54, 1.807) is 6.33 Å². The lowest BCUT2D eigenvalue weighted by molar-refractivity contribution is 0.0953. The van der Waals surface area contributed by atoms with Crippen molar-refractivity contribution in [3.63, 3.8) is 0 Å². The van der Waals surface area contributed by atoms with E-state index in [1.165, 1.54) is 0 Å². The van der Waals surface area contributed by atoms with E-state index >= 15 is 0 Å². The predicted octanol–water partition coefficient (Wildman–Crippen LogP) is 3.02. The molecule has 24 heavy (non-hydrogen) atoms. The van der Waals surface area contributed by atoms with Gasteiger partial charge in [0.25, 0.3) is 5.91 Å². The molecule has 3 heterocycles. The summed E-state index contributed by atoms with van der Waals surface area (Å²) in [4.78, 5) is 24.0. The highest BCUT2D eigenvalue weighted by atomic mass is 16.1. The van der Waals surface area contributed by atoms with Crippen LogP contribution in [-0.2, 0) is 0 Å². The van der Waals surface area contributed by atoms with Crippen LogP contribution < -0.4 is 5.32 Å². The number of fused-ring (bicyclic) bond motifs is 3. The predicted molar refractivity (Wildman–Crippen MR) is 92.9 cm³/mol. The molecule has 0 bridgehead atoms. The van der Waals surface area contributed by atoms with Crippen molar-refractivity contribution in [3.05, 3.63) is 54.6 Å². The van der Waals surface area contributed by atoms with Crippen molar-refractivity contribution in [2.24, 2.45) is 0 Å². The first-order chi connectivity index (χ1) is 11.8. The highest BCUT2D eigenvalue weighted by molar-refractivity contribution is 5.95. The molecule has 1 amide bonds. The first kappa shape index (κ1) is 14.4. The second-order valence-electron chi connectivity index (χ2n) is 5.65. The number of carbonyl (C=O) groups is 1. The van der Waals surface area contributed by atoms with Gasteiger partial charge in [-0.05, 0) is 24.6 Å². The average Bonchev–Trinajstić information content (AvgIpc) is 3.25. The van der Waals surface area contributed by atoms with Crippen molar-refractivity contribution < 1.29 is 4.79 Å². The maximum absolute atomic E-state index is 12.0. The summed E-state index contributed by atoms with van der Waals surface area (Å²) in [6.45, 7) is 2.72. The molecule has 0 saturated carbocycles. The lowest BCUT2D eigenvalue weighted by Crippen LogP contribution is -2.23. The zero-order valence-corrected chi connectivity index (χ0v) is 13.3. The van der Waals surface area contributed by atoms with E-state index in [9.17, 15) is 4.79 Å². The number of amides is 1. The number of rotatable bonds is 4. The van der Waals surface area contributed by atoms with Gasteiger partial charge in [-0.25, -0.2) is 9.97 Å². The molecular weight excluding hydrogens is 302 g/mol. The molecule has 0 aliphatic carbocycles. The lowest BCUT2D eigenvalue weighted by Gasteiger charge is -2.04. The molecule has 0 saturated heterocycles. The van der Waals surface area contributed by atoms with Gasteiger partial charge >= 0.3 is 0 Å². The zero-order chi connectivity index (χ0) is 16.5. The Labute approximate surface area is 138 Å². The number of benzene rings is 1. The fraction of sp³-hybridized carbons (Fsp3) is 0.167. The van der Waals surface area contributed by atoms with Crippen molar-refractivity contribution in [1.29, 1.82) is 0 Å². The van der Waals surface area contributed by atoms with Crippen molar-refractivity contribution in [1.82, 2.24) is 24.7 Å². The van der Waals surface area contributed by atoms with E-state index in [1.807, 2.05) is 54.0 Å². The van der Waals surface area contributed by atoms with Crippen LogP contribution >= 0.6 is 0 Å². The highest BCUT2D eigenvalue weighted by Gasteiger charge is 2.11. The molecule has 4 rings (SSSR count). The van der Waals surface area contributed by atoms with Crippen LogP contribution in [0.4, 0.5) is 0 Å². The molecule has 2 N–H and O–H groups in total. The van der Waals surface area contributed by atoms with E-state index in [2.05, 4.69) is 20.3 Å². The maximum atomic E-state index is 12.0. The van der Waals surface area contributed by atoms with Crippen LogP contribution in [0.15, 0.2) is 49.1 Å². The smallest absolute Gasteiger partial charge is 0.251 e. The fourth-order valence-electron chi connectivity index (χ4n) is 2.79. The van der Waals surface area contributed by atoms with Crippen LogP contribution in [0.2, 0.25) is 0 Å². The Kier molecular flexibility index (Phi) is 3.49. The van der Waals surface area contributed by atoms with Gasteiger partial charge in [-0.15, -0.1) is 0 Å². The summed E-state index contributed by atoms with van der Waals surface area (Å²) < 4.78 is 2.01. The third-order valence-corrected chi connectivity index (χ3v) is 4.04. The van der Waals surface area contributed by atoms with Crippen molar-refractivity contribution in [2.45, 2.75) is 13.3 Å². The molecule has 0 unspecified atom stereocenters. The van der Waals surface area contributed by atoms with Gasteiger partial charge in [-0.1, -0.05) is 19.1 Å². The van der Waals surface area contributed by atoms with Gasteiger partial charge in [0.05, 0.1) is 22.9 Å². The van der Waals surface area contributed by atoms with Gasteiger partial charge in [0.15, 0.2) is 5.65 Å². The minimum atomic E-state index is -0.0474. The summed E-state index contributed by atoms with van der Waals surface area (Å²) in [5.74, 6) is -0.0474. The molecular formula is C18H17N5O. The highest BCUT2D eigenvalue weighted by Crippen LogP contribution is 2.25. The summed E-state index contributed by atoms with van der Waals surface area (Å²) in [6, 6.07) is 9.47. The molecule has 0 fully saturated rings. The molecule has 1 aromatic carbocycles. The zero-order valence-electron chi connectivity index (χ0n) is 13.3. The number of hydrogen-bond acceptors (Lipinski definition) is 3. The first-order valence-corrected chi connectivity index (χ1v) is 7.95. The maximum Gasteiger partial charge on any atom is 0.251 e. The number of imidazole rings is 1. The van der Waals surface area contributed by atoms with E-state index in [-0.39, 0.29) is 5.91 Å². The molecule has 0 atom stereocenters. The van der Waals surface area contributed by atoms with Crippen LogP contribution in [0.3, 0.4) is 0 Å². The van der Waals surface area contributed by atoms with E-state index in [0.717, 1.165) is 34.4 Å². The quantitative estimate of drug-likeness (QED) is 0.607. The Balaban J connectivity index is 1.71. The SMILES string of the molecule is CCCNC(=O)c1ccc(-c2ncn3c2cnc2[nH]ccc23)cc1. The number of nitrogens with one attached hydrogen (secondary N) is 2. The van der Waals surface area contributed by atoms with Crippen molar-refractivity contribution in [3.8, 4) is 11.3 Å². The van der Waals surface area contributed by atoms with Gasteiger partial charge in [0.2, 0.25) is 0 Å². The average molecular weight is 319 g/mol. The van der Waals surface area contributed by atoms with Crippen LogP contribution in [0.25, 0.3) is 27.9 Å². The lowest BCUT2D eigenvalue weighted by atomic mass is 10.1. The number of hydrogen-bond donors (Lipinski definition) is 2. The molecule has 6 nitrogen and oxygen atoms in total. The monoisotopic (exact) mass is 319 g/mol.